The molecule has 1 atom stereocenters. The molecule has 1 nitrogen and oxygen atoms in total. The fourth-order valence-corrected chi connectivity index (χ4v) is 3.31. The van der Waals surface area contributed by atoms with E-state index >= 15 is 0 Å². The molecule has 0 bridgehead atoms. The Hall–Kier alpha value is -0.410. The average molecular weight is 314 g/mol. The Labute approximate surface area is 117 Å². The van der Waals surface area contributed by atoms with E-state index in [2.05, 4.69) is 28.2 Å². The summed E-state index contributed by atoms with van der Waals surface area (Å²) in [5, 5.41) is 3.54. The van der Waals surface area contributed by atoms with Crippen LogP contribution in [0.4, 0.5) is 4.39 Å². The molecule has 2 rings (SSSR count). The normalized spacial score (nSPS) is 18.8. The van der Waals surface area contributed by atoms with Crippen molar-refractivity contribution in [3.05, 3.63) is 34.1 Å². The van der Waals surface area contributed by atoms with E-state index in [-0.39, 0.29) is 5.82 Å². The molecule has 18 heavy (non-hydrogen) atoms. The number of benzene rings is 1. The number of nitrogens with one attached hydrogen (secondary N) is 1. The van der Waals surface area contributed by atoms with Gasteiger partial charge in [0.15, 0.2) is 0 Å². The fourth-order valence-electron chi connectivity index (χ4n) is 2.79. The molecule has 0 aliphatic heterocycles. The number of halogens is 2. The fraction of sp³-hybridized carbons (Fsp3) is 0.600. The smallest absolute Gasteiger partial charge is 0.124 e. The molecule has 1 aromatic carbocycles. The van der Waals surface area contributed by atoms with E-state index in [1.807, 2.05) is 6.07 Å². The largest absolute Gasteiger partial charge is 0.310 e. The van der Waals surface area contributed by atoms with E-state index in [1.165, 1.54) is 38.2 Å². The highest BCUT2D eigenvalue weighted by molar-refractivity contribution is 9.10. The first-order chi connectivity index (χ1) is 8.65. The topological polar surface area (TPSA) is 12.0 Å². The molecule has 3 heteroatoms. The van der Waals surface area contributed by atoms with Crippen molar-refractivity contribution in [2.24, 2.45) is 5.92 Å². The van der Waals surface area contributed by atoms with Crippen LogP contribution in [0, 0.1) is 11.7 Å². The van der Waals surface area contributed by atoms with Crippen LogP contribution < -0.4 is 5.32 Å². The van der Waals surface area contributed by atoms with Crippen LogP contribution in [0.5, 0.6) is 0 Å². The van der Waals surface area contributed by atoms with Crippen LogP contribution in [-0.4, -0.2) is 6.04 Å². The van der Waals surface area contributed by atoms with E-state index in [1.54, 1.807) is 6.07 Å². The van der Waals surface area contributed by atoms with Gasteiger partial charge in [-0.3, -0.25) is 0 Å². The first kappa shape index (κ1) is 14.0. The molecule has 1 aliphatic carbocycles. The van der Waals surface area contributed by atoms with Gasteiger partial charge in [0.25, 0.3) is 0 Å². The predicted octanol–water partition coefficient (Wildman–Crippen LogP) is 4.65. The van der Waals surface area contributed by atoms with Gasteiger partial charge in [0.2, 0.25) is 0 Å². The van der Waals surface area contributed by atoms with Gasteiger partial charge in [-0.05, 0) is 49.4 Å². The van der Waals surface area contributed by atoms with Gasteiger partial charge in [-0.25, -0.2) is 4.39 Å². The molecule has 0 unspecified atom stereocenters. The molecule has 100 valence electrons. The molecular formula is C15H21BrFN. The molecule has 1 N–H and O–H groups in total. The third-order valence-electron chi connectivity index (χ3n) is 3.91. The van der Waals surface area contributed by atoms with Crippen LogP contribution in [0.2, 0.25) is 0 Å². The molecule has 0 heterocycles. The first-order valence-corrected chi connectivity index (χ1v) is 7.63. The van der Waals surface area contributed by atoms with Crippen molar-refractivity contribution in [1.29, 1.82) is 0 Å². The molecule has 1 fully saturated rings. The summed E-state index contributed by atoms with van der Waals surface area (Å²) in [5.41, 5.74) is 1.00. The van der Waals surface area contributed by atoms with E-state index in [0.29, 0.717) is 6.04 Å². The zero-order valence-corrected chi connectivity index (χ0v) is 12.5. The maximum atomic E-state index is 13.2. The first-order valence-electron chi connectivity index (χ1n) is 6.83. The van der Waals surface area contributed by atoms with Crippen molar-refractivity contribution < 1.29 is 4.39 Å². The van der Waals surface area contributed by atoms with Crippen molar-refractivity contribution in [2.45, 2.75) is 51.6 Å². The summed E-state index contributed by atoms with van der Waals surface area (Å²) in [5.74, 6) is 0.613. The van der Waals surface area contributed by atoms with Crippen LogP contribution in [0.25, 0.3) is 0 Å². The van der Waals surface area contributed by atoms with Crippen molar-refractivity contribution >= 4 is 15.9 Å². The van der Waals surface area contributed by atoms with Crippen molar-refractivity contribution in [3.63, 3.8) is 0 Å². The molecule has 1 aliphatic rings. The number of hydrogen-bond donors (Lipinski definition) is 1. The second-order valence-corrected chi connectivity index (χ2v) is 6.26. The van der Waals surface area contributed by atoms with Crippen LogP contribution in [0.3, 0.4) is 0 Å². The highest BCUT2D eigenvalue weighted by atomic mass is 79.9. The molecule has 0 radical (unpaired) electrons. The van der Waals surface area contributed by atoms with Crippen molar-refractivity contribution in [3.8, 4) is 0 Å². The monoisotopic (exact) mass is 313 g/mol. The summed E-state index contributed by atoms with van der Waals surface area (Å²) < 4.78 is 14.1. The summed E-state index contributed by atoms with van der Waals surface area (Å²) in [6.07, 6.45) is 6.78. The van der Waals surface area contributed by atoms with Gasteiger partial charge in [-0.2, -0.15) is 0 Å². The van der Waals surface area contributed by atoms with E-state index in [0.717, 1.165) is 22.5 Å². The summed E-state index contributed by atoms with van der Waals surface area (Å²) in [6.45, 7) is 3.00. The summed E-state index contributed by atoms with van der Waals surface area (Å²) in [7, 11) is 0. The van der Waals surface area contributed by atoms with Crippen LogP contribution >= 0.6 is 15.9 Å². The minimum atomic E-state index is -0.175. The minimum Gasteiger partial charge on any atom is -0.310 e. The lowest BCUT2D eigenvalue weighted by atomic mass is 9.84. The summed E-state index contributed by atoms with van der Waals surface area (Å²) >= 11 is 3.33. The molecule has 0 saturated heterocycles. The molecule has 1 saturated carbocycles. The van der Waals surface area contributed by atoms with Gasteiger partial charge in [0, 0.05) is 17.1 Å². The zero-order valence-electron chi connectivity index (χ0n) is 10.9. The van der Waals surface area contributed by atoms with Gasteiger partial charge < -0.3 is 5.32 Å². The van der Waals surface area contributed by atoms with Gasteiger partial charge in [0.1, 0.15) is 5.82 Å². The second kappa shape index (κ2) is 6.67. The Morgan fingerprint density at radius 2 is 2.00 bits per heavy atom. The van der Waals surface area contributed by atoms with Crippen LogP contribution in [0.1, 0.15) is 44.6 Å². The Morgan fingerprint density at radius 3 is 2.67 bits per heavy atom. The lowest BCUT2D eigenvalue weighted by Crippen LogP contribution is -2.34. The lowest BCUT2D eigenvalue weighted by molar-refractivity contribution is 0.280. The predicted molar refractivity (Wildman–Crippen MR) is 77.0 cm³/mol. The molecule has 0 amide bonds. The highest BCUT2D eigenvalue weighted by Gasteiger charge is 2.19. The Morgan fingerprint density at radius 1 is 1.28 bits per heavy atom. The van der Waals surface area contributed by atoms with Gasteiger partial charge >= 0.3 is 0 Å². The summed E-state index contributed by atoms with van der Waals surface area (Å²) in [4.78, 5) is 0. The van der Waals surface area contributed by atoms with Crippen molar-refractivity contribution in [1.82, 2.24) is 5.32 Å². The molecule has 1 aromatic rings. The van der Waals surface area contributed by atoms with E-state index in [4.69, 9.17) is 0 Å². The average Bonchev–Trinajstić information content (AvgIpc) is 2.36. The van der Waals surface area contributed by atoms with Gasteiger partial charge in [-0.1, -0.05) is 35.2 Å². The van der Waals surface area contributed by atoms with Crippen LogP contribution in [0.15, 0.2) is 22.7 Å². The number of rotatable bonds is 4. The van der Waals surface area contributed by atoms with Crippen molar-refractivity contribution in [2.75, 3.05) is 0 Å². The third kappa shape index (κ3) is 4.06. The quantitative estimate of drug-likeness (QED) is 0.853. The van der Waals surface area contributed by atoms with Gasteiger partial charge in [-0.15, -0.1) is 0 Å². The maximum absolute atomic E-state index is 13.2. The summed E-state index contributed by atoms with van der Waals surface area (Å²) in [6, 6.07) is 5.59. The maximum Gasteiger partial charge on any atom is 0.124 e. The molecular weight excluding hydrogens is 293 g/mol. The Kier molecular flexibility index (Phi) is 5.19. The SMILES string of the molecule is C[C@H](NCc1cc(F)cc(Br)c1)C1CCCCC1. The van der Waals surface area contributed by atoms with E-state index < -0.39 is 0 Å². The molecule has 0 aromatic heterocycles. The standard InChI is InChI=1S/C15H21BrFN/c1-11(13-5-3-2-4-6-13)18-10-12-7-14(16)9-15(17)8-12/h7-9,11,13,18H,2-6,10H2,1H3/t11-/m0/s1. The van der Waals surface area contributed by atoms with E-state index in [9.17, 15) is 4.39 Å². The number of hydrogen-bond acceptors (Lipinski definition) is 1. The Bertz CT molecular complexity index is 368. The molecule has 0 spiro atoms. The lowest BCUT2D eigenvalue weighted by Gasteiger charge is -2.28. The van der Waals surface area contributed by atoms with Gasteiger partial charge in [0.05, 0.1) is 0 Å². The zero-order chi connectivity index (χ0) is 13.0. The third-order valence-corrected chi connectivity index (χ3v) is 4.37. The Balaban J connectivity index is 1.86. The van der Waals surface area contributed by atoms with Crippen LogP contribution in [-0.2, 0) is 6.54 Å². The minimum absolute atomic E-state index is 0.175. The second-order valence-electron chi connectivity index (χ2n) is 5.35. The highest BCUT2D eigenvalue weighted by Crippen LogP contribution is 2.26.